The summed E-state index contributed by atoms with van der Waals surface area (Å²) in [7, 11) is 1.93. The molecule has 0 amide bonds. The van der Waals surface area contributed by atoms with Crippen LogP contribution in [0.1, 0.15) is 39.5 Å². The molecule has 1 aliphatic heterocycles. The molecule has 0 aliphatic carbocycles. The predicted molar refractivity (Wildman–Crippen MR) is 68.6 cm³/mol. The molecule has 0 aromatic heterocycles. The zero-order valence-corrected chi connectivity index (χ0v) is 11.1. The van der Waals surface area contributed by atoms with Gasteiger partial charge in [-0.05, 0) is 52.2 Å². The highest BCUT2D eigenvalue weighted by atomic mass is 16.3. The Morgan fingerprint density at radius 3 is 2.69 bits per heavy atom. The predicted octanol–water partition coefficient (Wildman–Crippen LogP) is 1.47. The fourth-order valence-electron chi connectivity index (χ4n) is 2.49. The number of nitrogens with zero attached hydrogens (tertiary/aromatic N) is 1. The van der Waals surface area contributed by atoms with Crippen LogP contribution in [-0.2, 0) is 0 Å². The Labute approximate surface area is 100 Å². The Balaban J connectivity index is 2.42. The van der Waals surface area contributed by atoms with Gasteiger partial charge in [0.2, 0.25) is 0 Å². The topological polar surface area (TPSA) is 35.5 Å². The molecule has 0 spiro atoms. The smallest absolute Gasteiger partial charge is 0.0623 e. The lowest BCUT2D eigenvalue weighted by atomic mass is 9.98. The molecule has 2 N–H and O–H groups in total. The molecule has 3 nitrogen and oxygen atoms in total. The third-order valence-corrected chi connectivity index (χ3v) is 4.04. The lowest BCUT2D eigenvalue weighted by Gasteiger charge is -2.33. The van der Waals surface area contributed by atoms with Crippen molar-refractivity contribution in [1.82, 2.24) is 10.2 Å². The minimum atomic E-state index is -0.147. The maximum Gasteiger partial charge on any atom is 0.0623 e. The molecule has 1 aliphatic rings. The molecule has 0 saturated carbocycles. The van der Waals surface area contributed by atoms with E-state index in [0.29, 0.717) is 0 Å². The van der Waals surface area contributed by atoms with Gasteiger partial charge in [-0.15, -0.1) is 0 Å². The second-order valence-corrected chi connectivity index (χ2v) is 5.45. The van der Waals surface area contributed by atoms with Gasteiger partial charge in [0.1, 0.15) is 0 Å². The fraction of sp³-hybridized carbons (Fsp3) is 1.00. The molecule has 1 rings (SSSR count). The fourth-order valence-corrected chi connectivity index (χ4v) is 2.49. The van der Waals surface area contributed by atoms with Crippen LogP contribution in [0.5, 0.6) is 0 Å². The van der Waals surface area contributed by atoms with E-state index in [2.05, 4.69) is 24.1 Å². The number of rotatable bonds is 5. The van der Waals surface area contributed by atoms with Crippen LogP contribution in [0.3, 0.4) is 0 Å². The lowest BCUT2D eigenvalue weighted by Crippen LogP contribution is -2.52. The van der Waals surface area contributed by atoms with Crippen LogP contribution in [-0.4, -0.2) is 48.8 Å². The van der Waals surface area contributed by atoms with Crippen LogP contribution < -0.4 is 5.32 Å². The molecule has 1 fully saturated rings. The van der Waals surface area contributed by atoms with Crippen molar-refractivity contribution in [3.8, 4) is 0 Å². The lowest BCUT2D eigenvalue weighted by molar-refractivity contribution is 0.127. The highest BCUT2D eigenvalue weighted by Gasteiger charge is 2.25. The number of nitrogens with one attached hydrogen (secondary N) is 1. The minimum Gasteiger partial charge on any atom is -0.394 e. The molecule has 96 valence electrons. The third-order valence-electron chi connectivity index (χ3n) is 4.04. The highest BCUT2D eigenvalue weighted by molar-refractivity contribution is 4.85. The Bertz CT molecular complexity index is 192. The number of hydrogen-bond donors (Lipinski definition) is 2. The first-order chi connectivity index (χ1) is 7.63. The van der Waals surface area contributed by atoms with Crippen molar-refractivity contribution in [3.05, 3.63) is 0 Å². The van der Waals surface area contributed by atoms with Crippen molar-refractivity contribution in [3.63, 3.8) is 0 Å². The summed E-state index contributed by atoms with van der Waals surface area (Å²) in [6.45, 7) is 7.93. The monoisotopic (exact) mass is 228 g/mol. The summed E-state index contributed by atoms with van der Waals surface area (Å²) in [4.78, 5) is 2.50. The van der Waals surface area contributed by atoms with Gasteiger partial charge in [0.25, 0.3) is 0 Å². The van der Waals surface area contributed by atoms with E-state index >= 15 is 0 Å². The van der Waals surface area contributed by atoms with Gasteiger partial charge in [-0.3, -0.25) is 0 Å². The molecular formula is C13H28N2O. The molecule has 3 heteroatoms. The van der Waals surface area contributed by atoms with Gasteiger partial charge in [-0.2, -0.15) is 0 Å². The van der Waals surface area contributed by atoms with E-state index < -0.39 is 0 Å². The highest BCUT2D eigenvalue weighted by Crippen LogP contribution is 2.21. The van der Waals surface area contributed by atoms with Crippen LogP contribution >= 0.6 is 0 Å². The second kappa shape index (κ2) is 6.58. The summed E-state index contributed by atoms with van der Waals surface area (Å²) in [6.07, 6.45) is 5.32. The second-order valence-electron chi connectivity index (χ2n) is 5.45. The zero-order valence-electron chi connectivity index (χ0n) is 11.1. The Morgan fingerprint density at radius 2 is 2.12 bits per heavy atom. The summed E-state index contributed by atoms with van der Waals surface area (Å²) in [6, 6.07) is 0. The largest absolute Gasteiger partial charge is 0.394 e. The molecule has 1 heterocycles. The minimum absolute atomic E-state index is 0.147. The average molecular weight is 228 g/mol. The van der Waals surface area contributed by atoms with Gasteiger partial charge < -0.3 is 15.3 Å². The van der Waals surface area contributed by atoms with E-state index in [1.54, 1.807) is 0 Å². The average Bonchev–Trinajstić information content (AvgIpc) is 2.54. The molecular weight excluding hydrogens is 200 g/mol. The molecule has 0 radical (unpaired) electrons. The van der Waals surface area contributed by atoms with E-state index in [0.717, 1.165) is 12.5 Å². The van der Waals surface area contributed by atoms with Crippen LogP contribution in [0.15, 0.2) is 0 Å². The number of aliphatic hydroxyl groups excluding tert-OH is 1. The van der Waals surface area contributed by atoms with Gasteiger partial charge in [0.05, 0.1) is 12.1 Å². The summed E-state index contributed by atoms with van der Waals surface area (Å²) in [5.41, 5.74) is -0.147. The van der Waals surface area contributed by atoms with E-state index in [-0.39, 0.29) is 12.1 Å². The maximum absolute atomic E-state index is 9.40. The van der Waals surface area contributed by atoms with Gasteiger partial charge in [-0.25, -0.2) is 0 Å². The van der Waals surface area contributed by atoms with Crippen molar-refractivity contribution in [2.24, 2.45) is 5.92 Å². The maximum atomic E-state index is 9.40. The van der Waals surface area contributed by atoms with E-state index in [1.807, 2.05) is 7.05 Å². The van der Waals surface area contributed by atoms with Crippen LogP contribution in [0.2, 0.25) is 0 Å². The molecule has 16 heavy (non-hydrogen) atoms. The first-order valence-electron chi connectivity index (χ1n) is 6.65. The first-order valence-corrected chi connectivity index (χ1v) is 6.65. The standard InChI is InChI=1S/C13H28N2O/c1-4-12-6-5-8-15(9-7-12)10-13(2,11-16)14-3/h12,14,16H,4-11H2,1-3H3. The number of aliphatic hydroxyl groups is 1. The summed E-state index contributed by atoms with van der Waals surface area (Å²) < 4.78 is 0. The van der Waals surface area contributed by atoms with Crippen molar-refractivity contribution in [2.75, 3.05) is 33.3 Å². The quantitative estimate of drug-likeness (QED) is 0.748. The van der Waals surface area contributed by atoms with Crippen LogP contribution in [0, 0.1) is 5.92 Å². The summed E-state index contributed by atoms with van der Waals surface area (Å²) in [5.74, 6) is 0.917. The normalized spacial score (nSPS) is 27.4. The Hall–Kier alpha value is -0.120. The number of likely N-dealkylation sites (N-methyl/N-ethyl adjacent to an activating group) is 1. The first kappa shape index (κ1) is 13.9. The summed E-state index contributed by atoms with van der Waals surface area (Å²) >= 11 is 0. The molecule has 0 aromatic rings. The van der Waals surface area contributed by atoms with E-state index in [4.69, 9.17) is 0 Å². The van der Waals surface area contributed by atoms with E-state index in [9.17, 15) is 5.11 Å². The van der Waals surface area contributed by atoms with Gasteiger partial charge >= 0.3 is 0 Å². The van der Waals surface area contributed by atoms with Crippen LogP contribution in [0.25, 0.3) is 0 Å². The zero-order chi connectivity index (χ0) is 12.0. The molecule has 1 saturated heterocycles. The van der Waals surface area contributed by atoms with Crippen LogP contribution in [0.4, 0.5) is 0 Å². The van der Waals surface area contributed by atoms with Crippen molar-refractivity contribution in [1.29, 1.82) is 0 Å². The van der Waals surface area contributed by atoms with Gasteiger partial charge in [0.15, 0.2) is 0 Å². The third kappa shape index (κ3) is 4.04. The summed E-state index contributed by atoms with van der Waals surface area (Å²) in [5, 5.41) is 12.6. The van der Waals surface area contributed by atoms with E-state index in [1.165, 1.54) is 38.8 Å². The SMILES string of the molecule is CCC1CCCN(CC(C)(CO)NC)CC1. The van der Waals surface area contributed by atoms with Crippen molar-refractivity contribution < 1.29 is 5.11 Å². The van der Waals surface area contributed by atoms with Crippen molar-refractivity contribution in [2.45, 2.75) is 45.1 Å². The molecule has 0 aromatic carbocycles. The Kier molecular flexibility index (Phi) is 5.73. The van der Waals surface area contributed by atoms with Gasteiger partial charge in [0, 0.05) is 6.54 Å². The molecule has 0 bridgehead atoms. The van der Waals surface area contributed by atoms with Crippen molar-refractivity contribution >= 4 is 0 Å². The molecule has 2 atom stereocenters. The number of hydrogen-bond acceptors (Lipinski definition) is 3. The van der Waals surface area contributed by atoms with Gasteiger partial charge in [-0.1, -0.05) is 13.3 Å². The molecule has 2 unspecified atom stereocenters. The number of likely N-dealkylation sites (tertiary alicyclic amines) is 1. The Morgan fingerprint density at radius 1 is 1.38 bits per heavy atom.